The molecule has 0 N–H and O–H groups in total. The summed E-state index contributed by atoms with van der Waals surface area (Å²) in [5.74, 6) is -2.10. The van der Waals surface area contributed by atoms with E-state index in [-0.39, 0.29) is 0 Å². The molecule has 2 rings (SSSR count). The largest absolute Gasteiger partial charge is 0.468 e. The highest BCUT2D eigenvalue weighted by atomic mass is 19.2. The van der Waals surface area contributed by atoms with Crippen LogP contribution in [0.25, 0.3) is 0 Å². The second-order valence-corrected chi connectivity index (χ2v) is 4.56. The van der Waals surface area contributed by atoms with E-state index in [0.717, 1.165) is 6.07 Å². The van der Waals surface area contributed by atoms with E-state index in [1.807, 2.05) is 0 Å². The van der Waals surface area contributed by atoms with E-state index >= 15 is 0 Å². The molecule has 0 saturated heterocycles. The summed E-state index contributed by atoms with van der Waals surface area (Å²) in [6.07, 6.45) is 1.71. The fourth-order valence-corrected chi connectivity index (χ4v) is 2.54. The van der Waals surface area contributed by atoms with Crippen molar-refractivity contribution in [2.24, 2.45) is 0 Å². The molecule has 0 fully saturated rings. The molecule has 1 unspecified atom stereocenters. The first kappa shape index (κ1) is 12.0. The topological polar surface area (TPSA) is 26.3 Å². The van der Waals surface area contributed by atoms with Gasteiger partial charge >= 0.3 is 5.97 Å². The monoisotopic (exact) mass is 240 g/mol. The Morgan fingerprint density at radius 2 is 2.12 bits per heavy atom. The van der Waals surface area contributed by atoms with E-state index in [9.17, 15) is 13.6 Å². The van der Waals surface area contributed by atoms with Gasteiger partial charge in [0, 0.05) is 0 Å². The van der Waals surface area contributed by atoms with Crippen molar-refractivity contribution in [3.8, 4) is 0 Å². The first-order valence-electron chi connectivity index (χ1n) is 5.56. The van der Waals surface area contributed by atoms with Crippen LogP contribution in [0.1, 0.15) is 30.9 Å². The van der Waals surface area contributed by atoms with Gasteiger partial charge < -0.3 is 4.74 Å². The first-order chi connectivity index (χ1) is 8.00. The van der Waals surface area contributed by atoms with Gasteiger partial charge in [-0.1, -0.05) is 6.07 Å². The lowest BCUT2D eigenvalue weighted by atomic mass is 9.71. The van der Waals surface area contributed by atoms with Gasteiger partial charge in [-0.3, -0.25) is 4.79 Å². The molecule has 1 aliphatic rings. The predicted molar refractivity (Wildman–Crippen MR) is 58.7 cm³/mol. The lowest BCUT2D eigenvalue weighted by Crippen LogP contribution is -2.37. The maximum atomic E-state index is 13.7. The number of methoxy groups -OCH3 is 1. The molecular weight excluding hydrogens is 226 g/mol. The van der Waals surface area contributed by atoms with Gasteiger partial charge in [-0.25, -0.2) is 8.78 Å². The zero-order chi connectivity index (χ0) is 12.6. The van der Waals surface area contributed by atoms with Crippen molar-refractivity contribution in [3.63, 3.8) is 0 Å². The fourth-order valence-electron chi connectivity index (χ4n) is 2.54. The molecule has 4 heteroatoms. The number of hydrogen-bond acceptors (Lipinski definition) is 2. The van der Waals surface area contributed by atoms with Crippen LogP contribution in [0.4, 0.5) is 8.78 Å². The zero-order valence-electron chi connectivity index (χ0n) is 9.85. The Bertz CT molecular complexity index is 471. The summed E-state index contributed by atoms with van der Waals surface area (Å²) >= 11 is 0. The van der Waals surface area contributed by atoms with Crippen molar-refractivity contribution in [2.75, 3.05) is 7.11 Å². The molecule has 0 saturated carbocycles. The molecule has 1 atom stereocenters. The average molecular weight is 240 g/mol. The van der Waals surface area contributed by atoms with Crippen LogP contribution in [0.15, 0.2) is 12.1 Å². The second kappa shape index (κ2) is 4.09. The molecule has 1 aromatic carbocycles. The highest BCUT2D eigenvalue weighted by molar-refractivity contribution is 5.83. The average Bonchev–Trinajstić information content (AvgIpc) is 2.33. The molecule has 1 aliphatic carbocycles. The smallest absolute Gasteiger partial charge is 0.316 e. The minimum atomic E-state index is -0.864. The second-order valence-electron chi connectivity index (χ2n) is 4.56. The van der Waals surface area contributed by atoms with Crippen molar-refractivity contribution in [2.45, 2.75) is 31.6 Å². The molecule has 2 nitrogen and oxygen atoms in total. The van der Waals surface area contributed by atoms with Crippen LogP contribution in [0, 0.1) is 11.6 Å². The van der Waals surface area contributed by atoms with Gasteiger partial charge in [0.1, 0.15) is 0 Å². The summed E-state index contributed by atoms with van der Waals surface area (Å²) in [5.41, 5.74) is -0.00435. The summed E-state index contributed by atoms with van der Waals surface area (Å²) in [6.45, 7) is 1.72. The molecule has 0 bridgehead atoms. The third kappa shape index (κ3) is 1.72. The molecule has 92 valence electrons. The van der Waals surface area contributed by atoms with Gasteiger partial charge in [-0.2, -0.15) is 0 Å². The Morgan fingerprint density at radius 1 is 1.41 bits per heavy atom. The number of halogens is 2. The Kier molecular flexibility index (Phi) is 2.89. The van der Waals surface area contributed by atoms with Crippen molar-refractivity contribution in [3.05, 3.63) is 34.9 Å². The number of hydrogen-bond donors (Lipinski definition) is 0. The first-order valence-corrected chi connectivity index (χ1v) is 5.56. The number of rotatable bonds is 1. The van der Waals surface area contributed by atoms with Gasteiger partial charge in [0.2, 0.25) is 0 Å². The third-order valence-electron chi connectivity index (χ3n) is 3.53. The predicted octanol–water partition coefficient (Wildman–Crippen LogP) is 2.73. The summed E-state index contributed by atoms with van der Waals surface area (Å²) < 4.78 is 31.6. The van der Waals surface area contributed by atoms with Crippen LogP contribution in [-0.2, 0) is 21.4 Å². The van der Waals surface area contributed by atoms with E-state index in [1.165, 1.54) is 13.2 Å². The molecular formula is C13H14F2O2. The van der Waals surface area contributed by atoms with Crippen LogP contribution in [0.3, 0.4) is 0 Å². The van der Waals surface area contributed by atoms with Crippen LogP contribution in [0.2, 0.25) is 0 Å². The molecule has 0 aromatic heterocycles. The van der Waals surface area contributed by atoms with Crippen LogP contribution < -0.4 is 0 Å². The Hall–Kier alpha value is -1.45. The molecule has 0 heterocycles. The van der Waals surface area contributed by atoms with Crippen LogP contribution >= 0.6 is 0 Å². The summed E-state index contributed by atoms with van der Waals surface area (Å²) in [6, 6.07) is 2.56. The van der Waals surface area contributed by atoms with Gasteiger partial charge in [-0.15, -0.1) is 0 Å². The van der Waals surface area contributed by atoms with Gasteiger partial charge in [0.05, 0.1) is 12.5 Å². The van der Waals surface area contributed by atoms with Gasteiger partial charge in [0.15, 0.2) is 11.6 Å². The number of fused-ring (bicyclic) bond motifs is 1. The molecule has 0 spiro atoms. The van der Waals surface area contributed by atoms with E-state index in [1.54, 1.807) is 6.92 Å². The summed E-state index contributed by atoms with van der Waals surface area (Å²) in [4.78, 5) is 11.8. The standard InChI is InChI=1S/C13H14F2O2/c1-13(12(16)17-2)7-3-4-8-9(13)5-6-10(14)11(8)15/h5-6H,3-4,7H2,1-2H3. The molecule has 0 amide bonds. The van der Waals surface area contributed by atoms with Crippen molar-refractivity contribution in [1.29, 1.82) is 0 Å². The lowest BCUT2D eigenvalue weighted by molar-refractivity contribution is -0.147. The molecule has 17 heavy (non-hydrogen) atoms. The minimum Gasteiger partial charge on any atom is -0.468 e. The van der Waals surface area contributed by atoms with Crippen molar-refractivity contribution < 1.29 is 18.3 Å². The highest BCUT2D eigenvalue weighted by Crippen LogP contribution is 2.39. The van der Waals surface area contributed by atoms with Crippen LogP contribution in [-0.4, -0.2) is 13.1 Å². The number of carbonyl (C=O) groups is 1. The number of benzene rings is 1. The Balaban J connectivity index is 2.60. The minimum absolute atomic E-state index is 0.309. The SMILES string of the molecule is COC(=O)C1(C)CCCc2c1ccc(F)c2F. The number of carbonyl (C=O) groups excluding carboxylic acids is 1. The van der Waals surface area contributed by atoms with E-state index < -0.39 is 23.0 Å². The number of esters is 1. The lowest BCUT2D eigenvalue weighted by Gasteiger charge is -2.33. The fraction of sp³-hybridized carbons (Fsp3) is 0.462. The summed E-state index contributed by atoms with van der Waals surface area (Å²) in [7, 11) is 1.31. The normalized spacial score (nSPS) is 23.1. The third-order valence-corrected chi connectivity index (χ3v) is 3.53. The van der Waals surface area contributed by atoms with Crippen LogP contribution in [0.5, 0.6) is 0 Å². The van der Waals surface area contributed by atoms with Crippen molar-refractivity contribution in [1.82, 2.24) is 0 Å². The van der Waals surface area contributed by atoms with Gasteiger partial charge in [0.25, 0.3) is 0 Å². The Labute approximate surface area is 98.6 Å². The maximum Gasteiger partial charge on any atom is 0.316 e. The van der Waals surface area contributed by atoms with E-state index in [4.69, 9.17) is 4.74 Å². The highest BCUT2D eigenvalue weighted by Gasteiger charge is 2.41. The molecule has 1 aromatic rings. The molecule has 0 aliphatic heterocycles. The maximum absolute atomic E-state index is 13.7. The van der Waals surface area contributed by atoms with Gasteiger partial charge in [-0.05, 0) is 43.4 Å². The van der Waals surface area contributed by atoms with E-state index in [2.05, 4.69) is 0 Å². The summed E-state index contributed by atoms with van der Waals surface area (Å²) in [5, 5.41) is 0. The quantitative estimate of drug-likeness (QED) is 0.705. The van der Waals surface area contributed by atoms with Crippen molar-refractivity contribution >= 4 is 5.97 Å². The Morgan fingerprint density at radius 3 is 2.76 bits per heavy atom. The molecule has 0 radical (unpaired) electrons. The van der Waals surface area contributed by atoms with E-state index in [0.29, 0.717) is 30.4 Å². The number of ether oxygens (including phenoxy) is 1. The zero-order valence-corrected chi connectivity index (χ0v) is 9.85.